The molecule has 6 rings (SSSR count). The second-order valence-electron chi connectivity index (χ2n) is 9.81. The predicted octanol–water partition coefficient (Wildman–Crippen LogP) is 4.91. The van der Waals surface area contributed by atoms with Gasteiger partial charge in [-0.3, -0.25) is 9.36 Å². The van der Waals surface area contributed by atoms with E-state index in [1.807, 2.05) is 11.0 Å². The summed E-state index contributed by atoms with van der Waals surface area (Å²) in [5.41, 5.74) is 2.56. The molecule has 0 N–H and O–H groups in total. The number of alkyl halides is 3. The molecule has 0 saturated carbocycles. The number of aromatic nitrogens is 3. The molecule has 0 radical (unpaired) electrons. The molecule has 3 aliphatic rings. The van der Waals surface area contributed by atoms with Gasteiger partial charge in [0, 0.05) is 36.0 Å². The number of halogens is 4. The number of benzene rings is 2. The van der Waals surface area contributed by atoms with Crippen LogP contribution in [0.3, 0.4) is 0 Å². The highest BCUT2D eigenvalue weighted by atomic mass is 35.5. The Morgan fingerprint density at radius 1 is 1.16 bits per heavy atom. The van der Waals surface area contributed by atoms with Crippen molar-refractivity contribution in [3.05, 3.63) is 76.3 Å². The first-order valence-corrected chi connectivity index (χ1v) is 12.1. The minimum Gasteiger partial charge on any atom is -0.406 e. The number of amides is 1. The highest BCUT2D eigenvalue weighted by Gasteiger charge is 2.50. The van der Waals surface area contributed by atoms with Gasteiger partial charge in [-0.15, -0.1) is 23.4 Å². The van der Waals surface area contributed by atoms with Gasteiger partial charge in [0.2, 0.25) is 5.91 Å². The van der Waals surface area contributed by atoms with Crippen LogP contribution in [-0.4, -0.2) is 58.2 Å². The third kappa shape index (κ3) is 4.38. The Balaban J connectivity index is 1.44. The van der Waals surface area contributed by atoms with E-state index in [2.05, 4.69) is 14.9 Å². The number of hydrogen-bond donors (Lipinski definition) is 0. The molecule has 192 valence electrons. The Morgan fingerprint density at radius 3 is 2.54 bits per heavy atom. The smallest absolute Gasteiger partial charge is 0.406 e. The van der Waals surface area contributed by atoms with Gasteiger partial charge in [0.15, 0.2) is 0 Å². The van der Waals surface area contributed by atoms with Crippen molar-refractivity contribution in [3.8, 4) is 11.4 Å². The fourth-order valence-electron chi connectivity index (χ4n) is 5.27. The van der Waals surface area contributed by atoms with Crippen molar-refractivity contribution in [2.75, 3.05) is 26.3 Å². The molecule has 7 nitrogen and oxygen atoms in total. The molecule has 37 heavy (non-hydrogen) atoms. The molecular weight excluding hydrogens is 509 g/mol. The number of allylic oxidation sites excluding steroid dienone is 1. The number of rotatable bonds is 4. The molecule has 1 amide bonds. The quantitative estimate of drug-likeness (QED) is 0.480. The highest BCUT2D eigenvalue weighted by Crippen LogP contribution is 2.42. The summed E-state index contributed by atoms with van der Waals surface area (Å²) in [6.07, 6.45) is -2.81. The molecular formula is C26H22ClF3N4O3. The van der Waals surface area contributed by atoms with Crippen molar-refractivity contribution < 1.29 is 27.4 Å². The van der Waals surface area contributed by atoms with Crippen molar-refractivity contribution in [2.24, 2.45) is 5.41 Å². The standard InChI is InChI=1S/C26H22ClF3N4O3/c1-15-31-32-24-17(9-23(35)33-11-25(12-33)13-36-14-25)8-20(16-2-4-18(27)5-3-16)21-10-19(37-26(28,29)30)6-7-22(21)34(15)24/h2-8,10,17H,9,11-14H2,1H3/t17-/m1/s1. The largest absolute Gasteiger partial charge is 0.573 e. The molecule has 4 heterocycles. The van der Waals surface area contributed by atoms with Crippen molar-refractivity contribution in [3.63, 3.8) is 0 Å². The normalized spacial score (nSPS) is 19.8. The zero-order valence-corrected chi connectivity index (χ0v) is 20.5. The van der Waals surface area contributed by atoms with E-state index in [9.17, 15) is 18.0 Å². The van der Waals surface area contributed by atoms with Gasteiger partial charge in [-0.05, 0) is 48.4 Å². The molecule has 0 bridgehead atoms. The third-order valence-electron chi connectivity index (χ3n) is 7.05. The summed E-state index contributed by atoms with van der Waals surface area (Å²) < 4.78 is 50.5. The van der Waals surface area contributed by atoms with Gasteiger partial charge in [0.05, 0.1) is 24.3 Å². The van der Waals surface area contributed by atoms with Crippen LogP contribution in [0, 0.1) is 12.3 Å². The predicted molar refractivity (Wildman–Crippen MR) is 129 cm³/mol. The zero-order valence-electron chi connectivity index (χ0n) is 19.8. The van der Waals surface area contributed by atoms with Crippen molar-refractivity contribution in [1.29, 1.82) is 0 Å². The first kappa shape index (κ1) is 24.0. The van der Waals surface area contributed by atoms with Crippen LogP contribution in [0.2, 0.25) is 5.02 Å². The maximum atomic E-state index is 13.3. The van der Waals surface area contributed by atoms with Crippen LogP contribution in [0.15, 0.2) is 48.5 Å². The van der Waals surface area contributed by atoms with E-state index in [0.29, 0.717) is 59.8 Å². The van der Waals surface area contributed by atoms with Gasteiger partial charge < -0.3 is 14.4 Å². The maximum Gasteiger partial charge on any atom is 0.573 e. The maximum absolute atomic E-state index is 13.3. The molecule has 1 aromatic heterocycles. The molecule has 2 saturated heterocycles. The third-order valence-corrected chi connectivity index (χ3v) is 7.31. The van der Waals surface area contributed by atoms with Crippen LogP contribution >= 0.6 is 11.6 Å². The summed E-state index contributed by atoms with van der Waals surface area (Å²) in [6, 6.07) is 11.2. The van der Waals surface area contributed by atoms with Gasteiger partial charge in [0.25, 0.3) is 0 Å². The molecule has 3 aliphatic heterocycles. The van der Waals surface area contributed by atoms with Crippen molar-refractivity contribution in [1.82, 2.24) is 19.7 Å². The van der Waals surface area contributed by atoms with Crippen molar-refractivity contribution in [2.45, 2.75) is 25.6 Å². The number of aryl methyl sites for hydroxylation is 1. The minimum absolute atomic E-state index is 0.0199. The number of carbonyl (C=O) groups excluding carboxylic acids is 1. The summed E-state index contributed by atoms with van der Waals surface area (Å²) in [6.45, 7) is 4.44. The zero-order chi connectivity index (χ0) is 25.9. The number of ether oxygens (including phenoxy) is 2. The number of hydrogen-bond acceptors (Lipinski definition) is 5. The molecule has 0 aliphatic carbocycles. The molecule has 1 atom stereocenters. The Hall–Kier alpha value is -3.37. The van der Waals surface area contributed by atoms with E-state index in [1.165, 1.54) is 12.1 Å². The van der Waals surface area contributed by atoms with E-state index in [1.54, 1.807) is 41.8 Å². The van der Waals surface area contributed by atoms with Gasteiger partial charge in [-0.1, -0.05) is 29.8 Å². The van der Waals surface area contributed by atoms with Gasteiger partial charge in [-0.25, -0.2) is 0 Å². The van der Waals surface area contributed by atoms with E-state index >= 15 is 0 Å². The molecule has 0 unspecified atom stereocenters. The van der Waals surface area contributed by atoms with E-state index < -0.39 is 12.3 Å². The van der Waals surface area contributed by atoms with Crippen LogP contribution in [0.4, 0.5) is 13.2 Å². The second-order valence-corrected chi connectivity index (χ2v) is 10.2. The monoisotopic (exact) mass is 530 g/mol. The summed E-state index contributed by atoms with van der Waals surface area (Å²) in [5, 5.41) is 9.13. The van der Waals surface area contributed by atoms with Crippen LogP contribution < -0.4 is 4.74 Å². The van der Waals surface area contributed by atoms with Crippen molar-refractivity contribution >= 4 is 23.1 Å². The molecule has 2 fully saturated rings. The number of carbonyl (C=O) groups is 1. The van der Waals surface area contributed by atoms with Crippen LogP contribution in [0.25, 0.3) is 11.3 Å². The first-order valence-electron chi connectivity index (χ1n) is 11.8. The molecule has 3 aromatic rings. The lowest BCUT2D eigenvalue weighted by Gasteiger charge is -2.55. The number of fused-ring (bicyclic) bond motifs is 3. The van der Waals surface area contributed by atoms with Crippen LogP contribution in [0.5, 0.6) is 5.75 Å². The lowest BCUT2D eigenvalue weighted by atomic mass is 9.77. The average molecular weight is 531 g/mol. The lowest BCUT2D eigenvalue weighted by Crippen LogP contribution is -2.67. The van der Waals surface area contributed by atoms with Crippen LogP contribution in [-0.2, 0) is 9.53 Å². The van der Waals surface area contributed by atoms with Crippen LogP contribution in [0.1, 0.15) is 35.1 Å². The minimum atomic E-state index is -4.84. The van der Waals surface area contributed by atoms with E-state index in [0.717, 1.165) is 5.56 Å². The SMILES string of the molecule is Cc1nnc2n1-c1ccc(OC(F)(F)F)cc1C(c1ccc(Cl)cc1)=C[C@@H]2CC(=O)N1CC2(COC2)C1. The Kier molecular flexibility index (Phi) is 5.57. The van der Waals surface area contributed by atoms with Gasteiger partial charge in [-0.2, -0.15) is 0 Å². The Labute approximate surface area is 215 Å². The van der Waals surface area contributed by atoms with Gasteiger partial charge in [0.1, 0.15) is 17.4 Å². The topological polar surface area (TPSA) is 69.5 Å². The number of nitrogens with zero attached hydrogens (tertiary/aromatic N) is 4. The fourth-order valence-corrected chi connectivity index (χ4v) is 5.39. The summed E-state index contributed by atoms with van der Waals surface area (Å²) in [5.74, 6) is 0.268. The lowest BCUT2D eigenvalue weighted by molar-refractivity contribution is -0.274. The second kappa shape index (κ2) is 8.59. The highest BCUT2D eigenvalue weighted by molar-refractivity contribution is 6.30. The number of likely N-dealkylation sites (tertiary alicyclic amines) is 1. The molecule has 2 aromatic carbocycles. The Morgan fingerprint density at radius 2 is 1.89 bits per heavy atom. The van der Waals surface area contributed by atoms with Gasteiger partial charge >= 0.3 is 6.36 Å². The summed E-state index contributed by atoms with van der Waals surface area (Å²) in [7, 11) is 0. The summed E-state index contributed by atoms with van der Waals surface area (Å²) >= 11 is 6.11. The Bertz CT molecular complexity index is 1410. The molecule has 1 spiro atoms. The van der Waals surface area contributed by atoms with E-state index in [-0.39, 0.29) is 23.5 Å². The fraction of sp³-hybridized carbons (Fsp3) is 0.346. The summed E-state index contributed by atoms with van der Waals surface area (Å²) in [4.78, 5) is 15.1. The van der Waals surface area contributed by atoms with E-state index in [4.69, 9.17) is 16.3 Å². The first-order chi connectivity index (χ1) is 17.6. The molecule has 11 heteroatoms. The average Bonchev–Trinajstić information content (AvgIpc) is 3.09.